The molecule has 0 radical (unpaired) electrons. The highest BCUT2D eigenvalue weighted by atomic mass is 19.1. The smallest absolute Gasteiger partial charge is 0.305 e. The van der Waals surface area contributed by atoms with E-state index in [1.165, 1.54) is 6.92 Å². The van der Waals surface area contributed by atoms with Crippen molar-refractivity contribution in [3.8, 4) is 0 Å². The number of carboxylic acids is 1. The van der Waals surface area contributed by atoms with Crippen LogP contribution in [0.15, 0.2) is 18.2 Å². The van der Waals surface area contributed by atoms with Crippen LogP contribution in [0.3, 0.4) is 0 Å². The van der Waals surface area contributed by atoms with Gasteiger partial charge in [-0.15, -0.1) is 0 Å². The summed E-state index contributed by atoms with van der Waals surface area (Å²) in [5.41, 5.74) is -0.316. The molecule has 1 rings (SSSR count). The van der Waals surface area contributed by atoms with Gasteiger partial charge in [0.1, 0.15) is 11.6 Å². The van der Waals surface area contributed by atoms with E-state index in [-0.39, 0.29) is 12.0 Å². The highest BCUT2D eigenvalue weighted by Gasteiger charge is 2.16. The Kier molecular flexibility index (Phi) is 4.14. The Morgan fingerprint density at radius 3 is 2.59 bits per heavy atom. The van der Waals surface area contributed by atoms with Crippen molar-refractivity contribution in [3.63, 3.8) is 0 Å². The Bertz CT molecular complexity index is 448. The van der Waals surface area contributed by atoms with E-state index in [9.17, 15) is 18.4 Å². The molecule has 0 heterocycles. The molecule has 6 heteroatoms. The fourth-order valence-corrected chi connectivity index (χ4v) is 1.29. The lowest BCUT2D eigenvalue weighted by atomic mass is 10.1. The van der Waals surface area contributed by atoms with Gasteiger partial charge in [-0.05, 0) is 19.1 Å². The van der Waals surface area contributed by atoms with Crippen LogP contribution in [-0.2, 0) is 4.79 Å². The lowest BCUT2D eigenvalue weighted by Gasteiger charge is -2.11. The standard InChI is InChI=1S/C11H11F2NO3/c1-6(4-10(15)16)14-11(17)8-3-2-7(12)5-9(8)13/h2-3,5-6H,4H2,1H3,(H,14,17)(H,15,16). The number of benzene rings is 1. The van der Waals surface area contributed by atoms with Crippen LogP contribution in [0.1, 0.15) is 23.7 Å². The zero-order valence-electron chi connectivity index (χ0n) is 9.04. The summed E-state index contributed by atoms with van der Waals surface area (Å²) in [5, 5.41) is 10.8. The van der Waals surface area contributed by atoms with Gasteiger partial charge in [-0.3, -0.25) is 9.59 Å². The summed E-state index contributed by atoms with van der Waals surface area (Å²) in [4.78, 5) is 21.9. The van der Waals surface area contributed by atoms with Gasteiger partial charge in [-0.1, -0.05) is 0 Å². The molecular weight excluding hydrogens is 232 g/mol. The Labute approximate surface area is 96.3 Å². The Morgan fingerprint density at radius 1 is 1.41 bits per heavy atom. The number of hydrogen-bond donors (Lipinski definition) is 2. The third-order valence-corrected chi connectivity index (χ3v) is 2.03. The highest BCUT2D eigenvalue weighted by molar-refractivity contribution is 5.94. The van der Waals surface area contributed by atoms with Gasteiger partial charge in [-0.25, -0.2) is 8.78 Å². The molecule has 0 aliphatic heterocycles. The summed E-state index contributed by atoms with van der Waals surface area (Å²) in [5.74, 6) is -3.60. The number of amides is 1. The second-order valence-electron chi connectivity index (χ2n) is 3.60. The SMILES string of the molecule is CC(CC(=O)O)NC(=O)c1ccc(F)cc1F. The second-order valence-corrected chi connectivity index (χ2v) is 3.60. The molecule has 1 amide bonds. The monoisotopic (exact) mass is 243 g/mol. The van der Waals surface area contributed by atoms with Crippen molar-refractivity contribution in [2.75, 3.05) is 0 Å². The molecule has 0 spiro atoms. The van der Waals surface area contributed by atoms with Crippen LogP contribution in [0.25, 0.3) is 0 Å². The molecule has 1 atom stereocenters. The minimum atomic E-state index is -1.07. The first-order valence-corrected chi connectivity index (χ1v) is 4.88. The third-order valence-electron chi connectivity index (χ3n) is 2.03. The topological polar surface area (TPSA) is 66.4 Å². The highest BCUT2D eigenvalue weighted by Crippen LogP contribution is 2.09. The van der Waals surface area contributed by atoms with E-state index in [1.807, 2.05) is 0 Å². The summed E-state index contributed by atoms with van der Waals surface area (Å²) in [7, 11) is 0. The Hall–Kier alpha value is -1.98. The van der Waals surface area contributed by atoms with Crippen LogP contribution >= 0.6 is 0 Å². The fourth-order valence-electron chi connectivity index (χ4n) is 1.29. The molecule has 0 fully saturated rings. The summed E-state index contributed by atoms with van der Waals surface area (Å²) in [6.07, 6.45) is -0.269. The lowest BCUT2D eigenvalue weighted by molar-refractivity contribution is -0.137. The van der Waals surface area contributed by atoms with Crippen molar-refractivity contribution < 1.29 is 23.5 Å². The van der Waals surface area contributed by atoms with Crippen molar-refractivity contribution in [1.82, 2.24) is 5.32 Å². The molecule has 2 N–H and O–H groups in total. The molecule has 4 nitrogen and oxygen atoms in total. The molecule has 0 aromatic heterocycles. The molecule has 1 aromatic carbocycles. The molecule has 0 saturated heterocycles. The van der Waals surface area contributed by atoms with Crippen molar-refractivity contribution >= 4 is 11.9 Å². The zero-order valence-corrected chi connectivity index (χ0v) is 9.04. The van der Waals surface area contributed by atoms with Crippen molar-refractivity contribution in [2.24, 2.45) is 0 Å². The lowest BCUT2D eigenvalue weighted by Crippen LogP contribution is -2.34. The zero-order chi connectivity index (χ0) is 13.0. The van der Waals surface area contributed by atoms with E-state index < -0.39 is 29.6 Å². The molecule has 92 valence electrons. The summed E-state index contributed by atoms with van der Waals surface area (Å²) in [6, 6.07) is 1.92. The van der Waals surface area contributed by atoms with E-state index >= 15 is 0 Å². The largest absolute Gasteiger partial charge is 0.481 e. The van der Waals surface area contributed by atoms with E-state index in [1.54, 1.807) is 0 Å². The van der Waals surface area contributed by atoms with Crippen molar-refractivity contribution in [2.45, 2.75) is 19.4 Å². The number of rotatable bonds is 4. The third kappa shape index (κ3) is 3.82. The number of carboxylic acid groups (broad SMARTS) is 1. The molecule has 0 saturated carbocycles. The van der Waals surface area contributed by atoms with Gasteiger partial charge in [0.2, 0.25) is 0 Å². The quantitative estimate of drug-likeness (QED) is 0.843. The average molecular weight is 243 g/mol. The predicted molar refractivity (Wildman–Crippen MR) is 55.5 cm³/mol. The van der Waals surface area contributed by atoms with Crippen molar-refractivity contribution in [3.05, 3.63) is 35.4 Å². The van der Waals surface area contributed by atoms with Crippen LogP contribution < -0.4 is 5.32 Å². The molecule has 1 unspecified atom stereocenters. The number of hydrogen-bond acceptors (Lipinski definition) is 2. The van der Waals surface area contributed by atoms with Gasteiger partial charge in [0.25, 0.3) is 5.91 Å². The molecule has 0 bridgehead atoms. The van der Waals surface area contributed by atoms with Gasteiger partial charge in [-0.2, -0.15) is 0 Å². The maximum absolute atomic E-state index is 13.2. The normalized spacial score (nSPS) is 11.9. The molecule has 0 aliphatic rings. The number of aliphatic carboxylic acids is 1. The molecule has 1 aromatic rings. The maximum Gasteiger partial charge on any atom is 0.305 e. The van der Waals surface area contributed by atoms with Crippen LogP contribution in [0, 0.1) is 11.6 Å². The Balaban J connectivity index is 2.73. The van der Waals surface area contributed by atoms with Gasteiger partial charge < -0.3 is 10.4 Å². The van der Waals surface area contributed by atoms with Gasteiger partial charge in [0.15, 0.2) is 0 Å². The minimum Gasteiger partial charge on any atom is -0.481 e. The first-order valence-electron chi connectivity index (χ1n) is 4.88. The summed E-state index contributed by atoms with van der Waals surface area (Å²) < 4.78 is 25.8. The summed E-state index contributed by atoms with van der Waals surface area (Å²) in [6.45, 7) is 1.48. The van der Waals surface area contributed by atoms with Gasteiger partial charge >= 0.3 is 5.97 Å². The predicted octanol–water partition coefficient (Wildman–Crippen LogP) is 1.56. The van der Waals surface area contributed by atoms with E-state index in [0.29, 0.717) is 6.07 Å². The van der Waals surface area contributed by atoms with Crippen LogP contribution in [0.4, 0.5) is 8.78 Å². The number of halogens is 2. The molecular formula is C11H11F2NO3. The second kappa shape index (κ2) is 5.38. The summed E-state index contributed by atoms with van der Waals surface area (Å²) >= 11 is 0. The van der Waals surface area contributed by atoms with Crippen LogP contribution in [-0.4, -0.2) is 23.0 Å². The Morgan fingerprint density at radius 2 is 2.06 bits per heavy atom. The average Bonchev–Trinajstić information content (AvgIpc) is 2.15. The van der Waals surface area contributed by atoms with E-state index in [2.05, 4.69) is 5.32 Å². The van der Waals surface area contributed by atoms with Gasteiger partial charge in [0, 0.05) is 12.1 Å². The number of carbonyl (C=O) groups excluding carboxylic acids is 1. The van der Waals surface area contributed by atoms with Crippen molar-refractivity contribution in [1.29, 1.82) is 0 Å². The molecule has 17 heavy (non-hydrogen) atoms. The molecule has 0 aliphatic carbocycles. The minimum absolute atomic E-state index is 0.269. The van der Waals surface area contributed by atoms with E-state index in [0.717, 1.165) is 12.1 Å². The van der Waals surface area contributed by atoms with Crippen LogP contribution in [0.5, 0.6) is 0 Å². The maximum atomic E-state index is 13.2. The van der Waals surface area contributed by atoms with Gasteiger partial charge in [0.05, 0.1) is 12.0 Å². The van der Waals surface area contributed by atoms with E-state index in [4.69, 9.17) is 5.11 Å². The first-order chi connectivity index (χ1) is 7.90. The van der Waals surface area contributed by atoms with Crippen LogP contribution in [0.2, 0.25) is 0 Å². The fraction of sp³-hybridized carbons (Fsp3) is 0.273. The first kappa shape index (κ1) is 13.1. The number of nitrogens with one attached hydrogen (secondary N) is 1. The number of carbonyl (C=O) groups is 2.